The summed E-state index contributed by atoms with van der Waals surface area (Å²) in [5.74, 6) is 0. The highest BCUT2D eigenvalue weighted by atomic mass is 15.4. The molecule has 2 atom stereocenters. The van der Waals surface area contributed by atoms with Crippen molar-refractivity contribution in [3.63, 3.8) is 0 Å². The van der Waals surface area contributed by atoms with Crippen molar-refractivity contribution < 1.29 is 0 Å². The van der Waals surface area contributed by atoms with Crippen LogP contribution in [-0.2, 0) is 0 Å². The topological polar surface area (TPSA) is 34.0 Å². The Balaban J connectivity index is 1.91. The fraction of sp³-hybridized carbons (Fsp3) is 0.294. The number of aromatic nitrogens is 3. The highest BCUT2D eigenvalue weighted by Crippen LogP contribution is 2.38. The van der Waals surface area contributed by atoms with Crippen molar-refractivity contribution in [1.29, 1.82) is 0 Å². The predicted octanol–water partition coefficient (Wildman–Crippen LogP) is 3.25. The lowest BCUT2D eigenvalue weighted by Crippen LogP contribution is -2.37. The summed E-state index contributed by atoms with van der Waals surface area (Å²) in [6, 6.07) is 17.5. The summed E-state index contributed by atoms with van der Waals surface area (Å²) in [6.45, 7) is 2.27. The van der Waals surface area contributed by atoms with E-state index in [0.29, 0.717) is 6.04 Å². The molecule has 0 N–H and O–H groups in total. The molecule has 4 rings (SSSR count). The van der Waals surface area contributed by atoms with E-state index >= 15 is 0 Å². The van der Waals surface area contributed by atoms with Gasteiger partial charge in [-0.2, -0.15) is 0 Å². The molecule has 0 aliphatic carbocycles. The van der Waals surface area contributed by atoms with Gasteiger partial charge in [-0.1, -0.05) is 35.5 Å². The zero-order valence-corrected chi connectivity index (χ0v) is 12.3. The quantitative estimate of drug-likeness (QED) is 0.685. The Hall–Kier alpha value is -2.36. The van der Waals surface area contributed by atoms with Gasteiger partial charge in [0.15, 0.2) is 0 Å². The standard InChI is InChI=1S/C17H18N4/c1-12-11-17(13-7-3-5-9-15(13)20(12)2)21-16-10-6-4-8-14(16)18-19-21/h3-10,12,17H,11H2,1-2H3. The molecule has 3 aromatic rings. The van der Waals surface area contributed by atoms with E-state index in [4.69, 9.17) is 0 Å². The van der Waals surface area contributed by atoms with Crippen LogP contribution in [-0.4, -0.2) is 28.1 Å². The van der Waals surface area contributed by atoms with Crippen molar-refractivity contribution in [1.82, 2.24) is 15.0 Å². The number of rotatable bonds is 1. The molecule has 1 aliphatic rings. The molecule has 1 aromatic heterocycles. The Labute approximate surface area is 124 Å². The minimum Gasteiger partial charge on any atom is -0.372 e. The van der Waals surface area contributed by atoms with Crippen molar-refractivity contribution in [3.8, 4) is 0 Å². The molecule has 2 aromatic carbocycles. The van der Waals surface area contributed by atoms with Crippen molar-refractivity contribution in [2.45, 2.75) is 25.4 Å². The van der Waals surface area contributed by atoms with E-state index in [1.54, 1.807) is 0 Å². The van der Waals surface area contributed by atoms with Gasteiger partial charge in [0.05, 0.1) is 11.6 Å². The van der Waals surface area contributed by atoms with Gasteiger partial charge < -0.3 is 4.90 Å². The van der Waals surface area contributed by atoms with Crippen LogP contribution in [0.25, 0.3) is 11.0 Å². The molecule has 0 radical (unpaired) electrons. The molecule has 21 heavy (non-hydrogen) atoms. The van der Waals surface area contributed by atoms with Gasteiger partial charge >= 0.3 is 0 Å². The lowest BCUT2D eigenvalue weighted by Gasteiger charge is -2.38. The molecule has 4 heteroatoms. The highest BCUT2D eigenvalue weighted by Gasteiger charge is 2.30. The Morgan fingerprint density at radius 3 is 2.71 bits per heavy atom. The summed E-state index contributed by atoms with van der Waals surface area (Å²) < 4.78 is 2.08. The molecular weight excluding hydrogens is 260 g/mol. The Bertz CT molecular complexity index is 792. The second-order valence-electron chi connectivity index (χ2n) is 5.79. The van der Waals surface area contributed by atoms with E-state index in [1.165, 1.54) is 11.3 Å². The van der Waals surface area contributed by atoms with Gasteiger partial charge in [0, 0.05) is 24.3 Å². The maximum Gasteiger partial charge on any atom is 0.113 e. The van der Waals surface area contributed by atoms with Crippen molar-refractivity contribution in [2.75, 3.05) is 11.9 Å². The Morgan fingerprint density at radius 2 is 1.81 bits per heavy atom. The SMILES string of the molecule is CC1CC(n2nnc3ccccc32)c2ccccc2N1C. The van der Waals surface area contributed by atoms with E-state index in [0.717, 1.165) is 17.5 Å². The average Bonchev–Trinajstić information content (AvgIpc) is 2.95. The third kappa shape index (κ3) is 1.82. The molecule has 0 spiro atoms. The first-order valence-corrected chi connectivity index (χ1v) is 7.37. The summed E-state index contributed by atoms with van der Waals surface area (Å²) in [5, 5.41) is 8.74. The monoisotopic (exact) mass is 278 g/mol. The molecule has 0 saturated heterocycles. The lowest BCUT2D eigenvalue weighted by molar-refractivity contribution is 0.428. The largest absolute Gasteiger partial charge is 0.372 e. The molecule has 1 aliphatic heterocycles. The second kappa shape index (κ2) is 4.58. The van der Waals surface area contributed by atoms with Crippen LogP contribution < -0.4 is 4.90 Å². The Kier molecular flexibility index (Phi) is 2.70. The molecule has 0 amide bonds. The fourth-order valence-electron chi connectivity index (χ4n) is 3.28. The lowest BCUT2D eigenvalue weighted by atomic mass is 9.92. The number of para-hydroxylation sites is 2. The molecule has 2 heterocycles. The van der Waals surface area contributed by atoms with Crippen LogP contribution >= 0.6 is 0 Å². The number of anilines is 1. The van der Waals surface area contributed by atoms with E-state index in [2.05, 4.69) is 64.2 Å². The van der Waals surface area contributed by atoms with Crippen molar-refractivity contribution in [3.05, 3.63) is 54.1 Å². The first kappa shape index (κ1) is 12.4. The first-order valence-electron chi connectivity index (χ1n) is 7.37. The third-order valence-electron chi connectivity index (χ3n) is 4.57. The van der Waals surface area contributed by atoms with Crippen molar-refractivity contribution >= 4 is 16.7 Å². The molecular formula is C17H18N4. The Morgan fingerprint density at radius 1 is 1.05 bits per heavy atom. The van der Waals surface area contributed by atoms with Crippen LogP contribution in [0.5, 0.6) is 0 Å². The van der Waals surface area contributed by atoms with Crippen LogP contribution in [0.15, 0.2) is 48.5 Å². The highest BCUT2D eigenvalue weighted by molar-refractivity contribution is 5.74. The maximum absolute atomic E-state index is 4.43. The summed E-state index contributed by atoms with van der Waals surface area (Å²) in [7, 11) is 2.17. The van der Waals surface area contributed by atoms with Gasteiger partial charge in [0.25, 0.3) is 0 Å². The number of hydrogen-bond acceptors (Lipinski definition) is 3. The van der Waals surface area contributed by atoms with Gasteiger partial charge in [-0.15, -0.1) is 5.10 Å². The molecule has 0 bridgehead atoms. The summed E-state index contributed by atoms with van der Waals surface area (Å²) >= 11 is 0. The van der Waals surface area contributed by atoms with Gasteiger partial charge in [-0.3, -0.25) is 0 Å². The fourth-order valence-corrected chi connectivity index (χ4v) is 3.28. The number of nitrogens with zero attached hydrogens (tertiary/aromatic N) is 4. The smallest absolute Gasteiger partial charge is 0.113 e. The van der Waals surface area contributed by atoms with Gasteiger partial charge in [0.2, 0.25) is 0 Å². The van der Waals surface area contributed by atoms with Crippen LogP contribution in [0.2, 0.25) is 0 Å². The van der Waals surface area contributed by atoms with Crippen LogP contribution in [0.1, 0.15) is 24.9 Å². The average molecular weight is 278 g/mol. The third-order valence-corrected chi connectivity index (χ3v) is 4.57. The van der Waals surface area contributed by atoms with Crippen LogP contribution in [0.4, 0.5) is 5.69 Å². The minimum absolute atomic E-state index is 0.250. The summed E-state index contributed by atoms with van der Waals surface area (Å²) in [4.78, 5) is 2.35. The van der Waals surface area contributed by atoms with E-state index in [-0.39, 0.29) is 6.04 Å². The number of hydrogen-bond donors (Lipinski definition) is 0. The molecule has 0 saturated carbocycles. The van der Waals surface area contributed by atoms with Gasteiger partial charge in [-0.25, -0.2) is 4.68 Å². The van der Waals surface area contributed by atoms with E-state index in [9.17, 15) is 0 Å². The van der Waals surface area contributed by atoms with Crippen molar-refractivity contribution in [2.24, 2.45) is 0 Å². The minimum atomic E-state index is 0.250. The molecule has 106 valence electrons. The van der Waals surface area contributed by atoms with E-state index < -0.39 is 0 Å². The molecule has 2 unspecified atom stereocenters. The molecule has 0 fully saturated rings. The zero-order valence-electron chi connectivity index (χ0n) is 12.3. The molecule has 4 nitrogen and oxygen atoms in total. The first-order chi connectivity index (χ1) is 10.3. The normalized spacial score (nSPS) is 21.5. The van der Waals surface area contributed by atoms with Crippen LogP contribution in [0.3, 0.4) is 0 Å². The number of benzene rings is 2. The van der Waals surface area contributed by atoms with Gasteiger partial charge in [-0.05, 0) is 31.5 Å². The second-order valence-corrected chi connectivity index (χ2v) is 5.79. The zero-order chi connectivity index (χ0) is 14.4. The van der Waals surface area contributed by atoms with E-state index in [1.807, 2.05) is 18.2 Å². The van der Waals surface area contributed by atoms with Crippen LogP contribution in [0, 0.1) is 0 Å². The maximum atomic E-state index is 4.43. The summed E-state index contributed by atoms with van der Waals surface area (Å²) in [5.41, 5.74) is 4.69. The number of fused-ring (bicyclic) bond motifs is 2. The summed E-state index contributed by atoms with van der Waals surface area (Å²) in [6.07, 6.45) is 1.04. The predicted molar refractivity (Wildman–Crippen MR) is 84.6 cm³/mol. The van der Waals surface area contributed by atoms with Gasteiger partial charge in [0.1, 0.15) is 5.52 Å².